The number of nitrogen functional groups attached to an aromatic ring is 1. The predicted octanol–water partition coefficient (Wildman–Crippen LogP) is 1.85. The smallest absolute Gasteiger partial charge is 0.329 e. The summed E-state index contributed by atoms with van der Waals surface area (Å²) >= 11 is 0. The molecular formula is C31H40N12O4. The molecule has 16 nitrogen and oxygen atoms in total. The number of nitrogens with two attached hydrogens (primary N) is 1. The fraction of sp³-hybridized carbons (Fsp3) is 0.452. The van der Waals surface area contributed by atoms with Gasteiger partial charge in [0.05, 0.1) is 39.9 Å². The number of carbonyl (C=O) groups excluding carboxylic acids is 3. The van der Waals surface area contributed by atoms with Crippen LogP contribution in [0.2, 0.25) is 0 Å². The van der Waals surface area contributed by atoms with Gasteiger partial charge in [0.25, 0.3) is 0 Å². The van der Waals surface area contributed by atoms with Crippen molar-refractivity contribution < 1.29 is 14.4 Å². The van der Waals surface area contributed by atoms with Crippen LogP contribution < -0.4 is 21.6 Å². The number of nitrogens with zero attached hydrogens (tertiary/aromatic N) is 10. The lowest BCUT2D eigenvalue weighted by Crippen LogP contribution is -2.52. The van der Waals surface area contributed by atoms with Crippen LogP contribution in [0, 0.1) is 17.2 Å². The molecule has 16 heteroatoms. The Hall–Kier alpha value is -5.59. The molecule has 1 aliphatic rings. The zero-order valence-corrected chi connectivity index (χ0v) is 27.5. The molecule has 5 rings (SSSR count). The van der Waals surface area contributed by atoms with Crippen molar-refractivity contribution in [2.75, 3.05) is 63.3 Å². The summed E-state index contributed by atoms with van der Waals surface area (Å²) in [7, 11) is 8.48. The number of piperidine rings is 1. The van der Waals surface area contributed by atoms with Gasteiger partial charge in [0.15, 0.2) is 5.65 Å². The molecule has 1 fully saturated rings. The van der Waals surface area contributed by atoms with E-state index >= 15 is 0 Å². The van der Waals surface area contributed by atoms with Crippen molar-refractivity contribution in [3.05, 3.63) is 41.2 Å². The third kappa shape index (κ3) is 6.16. The summed E-state index contributed by atoms with van der Waals surface area (Å²) in [5.41, 5.74) is 8.40. The Balaban J connectivity index is 1.25. The van der Waals surface area contributed by atoms with Crippen LogP contribution >= 0.6 is 0 Å². The maximum Gasteiger partial charge on any atom is 0.329 e. The number of aryl methyl sites for hydroxylation is 2. The topological polar surface area (TPSA) is 184 Å². The van der Waals surface area contributed by atoms with Crippen LogP contribution in [0.15, 0.2) is 35.5 Å². The number of benzene rings is 1. The number of fused-ring (bicyclic) bond motifs is 2. The zero-order valence-electron chi connectivity index (χ0n) is 27.5. The number of likely N-dealkylation sites (N-methyl/N-ethyl adjacent to an activating group) is 3. The van der Waals surface area contributed by atoms with Crippen molar-refractivity contribution >= 4 is 57.2 Å². The van der Waals surface area contributed by atoms with Gasteiger partial charge in [0, 0.05) is 67.6 Å². The number of rotatable bonds is 7. The van der Waals surface area contributed by atoms with E-state index in [1.54, 1.807) is 57.5 Å². The van der Waals surface area contributed by atoms with Crippen molar-refractivity contribution in [2.24, 2.45) is 20.0 Å². The number of imidazole rings is 1. The molecular weight excluding hydrogens is 604 g/mol. The number of urea groups is 1. The molecule has 1 aromatic carbocycles. The van der Waals surface area contributed by atoms with Gasteiger partial charge in [-0.2, -0.15) is 5.26 Å². The quantitative estimate of drug-likeness (QED) is 0.284. The molecule has 0 aliphatic carbocycles. The first-order valence-corrected chi connectivity index (χ1v) is 15.3. The van der Waals surface area contributed by atoms with Gasteiger partial charge in [-0.05, 0) is 30.5 Å². The third-order valence-corrected chi connectivity index (χ3v) is 9.13. The number of nitriles is 1. The molecule has 4 aromatic rings. The van der Waals surface area contributed by atoms with Crippen molar-refractivity contribution in [3.63, 3.8) is 0 Å². The van der Waals surface area contributed by atoms with E-state index in [2.05, 4.69) is 22.2 Å². The molecule has 3 N–H and O–H groups in total. The minimum atomic E-state index is -0.422. The molecule has 248 valence electrons. The monoisotopic (exact) mass is 644 g/mol. The second-order valence-electron chi connectivity index (χ2n) is 12.1. The predicted molar refractivity (Wildman–Crippen MR) is 178 cm³/mol. The Morgan fingerprint density at radius 3 is 2.47 bits per heavy atom. The number of aromatic nitrogens is 5. The third-order valence-electron chi connectivity index (χ3n) is 9.13. The van der Waals surface area contributed by atoms with Crippen LogP contribution in [0.4, 0.5) is 26.8 Å². The Morgan fingerprint density at radius 2 is 1.77 bits per heavy atom. The highest BCUT2D eigenvalue weighted by atomic mass is 16.2. The molecule has 47 heavy (non-hydrogen) atoms. The number of hydrogen-bond donors (Lipinski definition) is 2. The minimum absolute atomic E-state index is 0.0372. The van der Waals surface area contributed by atoms with E-state index in [1.165, 1.54) is 29.8 Å². The minimum Gasteiger partial charge on any atom is -0.397 e. The second-order valence-corrected chi connectivity index (χ2v) is 12.1. The molecule has 0 spiro atoms. The molecule has 4 heterocycles. The Morgan fingerprint density at radius 1 is 1.09 bits per heavy atom. The summed E-state index contributed by atoms with van der Waals surface area (Å²) in [6.07, 6.45) is 3.71. The molecule has 0 bridgehead atoms. The van der Waals surface area contributed by atoms with Gasteiger partial charge in [-0.25, -0.2) is 24.4 Å². The number of amides is 4. The Kier molecular flexibility index (Phi) is 9.09. The lowest BCUT2D eigenvalue weighted by atomic mass is 9.92. The van der Waals surface area contributed by atoms with Gasteiger partial charge in [-0.15, -0.1) is 0 Å². The maximum atomic E-state index is 13.5. The molecule has 1 saturated heterocycles. The van der Waals surface area contributed by atoms with Crippen LogP contribution in [0.25, 0.3) is 22.1 Å². The standard InChI is InChI=1S/C31H40N12O4/c1-19-8-11-42(26(44)7-10-32)17-25(19)39(4)27-20-9-12-43(28(20)35-18-34-27)30(46)38(3)14-13-37(2)29(45)36-22-16-24-23(15-21(22)33)40(5)31(47)41(24)6/h9,12,15-16,18-19,25H,7-8,11,13-14,17,33H2,1-6H3,(H,36,45)/t19-,25+/m1/s1. The number of nitrogens with one attached hydrogen (secondary N) is 1. The van der Waals surface area contributed by atoms with E-state index in [-0.39, 0.29) is 49.1 Å². The van der Waals surface area contributed by atoms with E-state index in [0.717, 1.165) is 6.42 Å². The summed E-state index contributed by atoms with van der Waals surface area (Å²) in [6.45, 7) is 3.67. The molecule has 4 amide bonds. The van der Waals surface area contributed by atoms with Crippen LogP contribution in [-0.2, 0) is 18.9 Å². The number of carbonyl (C=O) groups is 3. The molecule has 1 aliphatic heterocycles. The van der Waals surface area contributed by atoms with Gasteiger partial charge in [0.2, 0.25) is 5.91 Å². The summed E-state index contributed by atoms with van der Waals surface area (Å²) < 4.78 is 4.42. The van der Waals surface area contributed by atoms with E-state index in [1.807, 2.05) is 18.0 Å². The summed E-state index contributed by atoms with van der Waals surface area (Å²) in [6, 6.07) is 6.25. The van der Waals surface area contributed by atoms with Crippen molar-refractivity contribution in [2.45, 2.75) is 25.8 Å². The number of anilines is 3. The average molecular weight is 645 g/mol. The largest absolute Gasteiger partial charge is 0.397 e. The highest BCUT2D eigenvalue weighted by molar-refractivity contribution is 5.97. The molecule has 3 aromatic heterocycles. The molecule has 0 saturated carbocycles. The first-order valence-electron chi connectivity index (χ1n) is 15.3. The van der Waals surface area contributed by atoms with E-state index in [0.29, 0.717) is 52.3 Å². The van der Waals surface area contributed by atoms with Crippen LogP contribution in [0.3, 0.4) is 0 Å². The molecule has 2 atom stereocenters. The fourth-order valence-electron chi connectivity index (χ4n) is 6.05. The van der Waals surface area contributed by atoms with Crippen molar-refractivity contribution in [3.8, 4) is 6.07 Å². The van der Waals surface area contributed by atoms with Gasteiger partial charge in [-0.1, -0.05) is 6.92 Å². The average Bonchev–Trinajstić information content (AvgIpc) is 3.58. The SMILES string of the molecule is C[C@@H]1CCN(C(=O)CC#N)C[C@@H]1N(C)c1ncnc2c1ccn2C(=O)N(C)CCN(C)C(=O)Nc1cc2c(cc1N)n(C)c(=O)n2C. The van der Waals surface area contributed by atoms with E-state index in [4.69, 9.17) is 11.0 Å². The van der Waals surface area contributed by atoms with Crippen LogP contribution in [0.5, 0.6) is 0 Å². The number of hydrogen-bond acceptors (Lipinski definition) is 9. The normalized spacial score (nSPS) is 16.2. The first-order chi connectivity index (χ1) is 22.3. The van der Waals surface area contributed by atoms with Gasteiger partial charge < -0.3 is 30.7 Å². The van der Waals surface area contributed by atoms with E-state index in [9.17, 15) is 19.2 Å². The Labute approximate surface area is 271 Å². The van der Waals surface area contributed by atoms with E-state index < -0.39 is 6.03 Å². The van der Waals surface area contributed by atoms with Crippen LogP contribution in [-0.4, -0.2) is 110 Å². The number of likely N-dealkylation sites (tertiary alicyclic amines) is 1. The zero-order chi connectivity index (χ0) is 34.2. The first kappa shape index (κ1) is 32.8. The second kappa shape index (κ2) is 13.0. The lowest BCUT2D eigenvalue weighted by Gasteiger charge is -2.42. The molecule has 0 unspecified atom stereocenters. The Bertz CT molecular complexity index is 1950. The summed E-state index contributed by atoms with van der Waals surface area (Å²) in [4.78, 5) is 66.9. The van der Waals surface area contributed by atoms with Gasteiger partial charge in [0.1, 0.15) is 18.6 Å². The molecule has 0 radical (unpaired) electrons. The summed E-state index contributed by atoms with van der Waals surface area (Å²) in [5.74, 6) is 0.728. The van der Waals surface area contributed by atoms with Gasteiger partial charge in [-0.3, -0.25) is 18.5 Å². The lowest BCUT2D eigenvalue weighted by molar-refractivity contribution is -0.131. The maximum absolute atomic E-state index is 13.5. The highest BCUT2D eigenvalue weighted by Gasteiger charge is 2.33. The van der Waals surface area contributed by atoms with Crippen LogP contribution in [0.1, 0.15) is 19.8 Å². The van der Waals surface area contributed by atoms with Crippen molar-refractivity contribution in [1.29, 1.82) is 5.26 Å². The van der Waals surface area contributed by atoms with Crippen molar-refractivity contribution in [1.82, 2.24) is 38.4 Å². The fourth-order valence-corrected chi connectivity index (χ4v) is 6.05. The summed E-state index contributed by atoms with van der Waals surface area (Å²) in [5, 5.41) is 12.5. The van der Waals surface area contributed by atoms with Gasteiger partial charge >= 0.3 is 17.8 Å². The highest BCUT2D eigenvalue weighted by Crippen LogP contribution is 2.30.